The van der Waals surface area contributed by atoms with Crippen molar-refractivity contribution in [3.63, 3.8) is 0 Å². The van der Waals surface area contributed by atoms with Crippen LogP contribution in [0.3, 0.4) is 0 Å². The standard InChI is InChI=1S/C26H27N7O3/c1-3-6-21(34)32-14-5-7-19(32)25-31-22(23(24(27)35)33(25)28)17-8-10-18(11-9-17)26(36)30-20-15-16(4-2)12-13-29-20/h8-13,15,19H,4-5,7,14,28H2,1-2H3,(H2,27,35)(H,29,30,36). The van der Waals surface area contributed by atoms with Crippen LogP contribution in [-0.2, 0) is 11.2 Å². The fourth-order valence-corrected chi connectivity index (χ4v) is 4.31. The van der Waals surface area contributed by atoms with Gasteiger partial charge in [0, 0.05) is 23.9 Å². The van der Waals surface area contributed by atoms with E-state index in [-0.39, 0.29) is 23.2 Å². The van der Waals surface area contributed by atoms with Crippen molar-refractivity contribution in [2.24, 2.45) is 5.73 Å². The van der Waals surface area contributed by atoms with Crippen molar-refractivity contribution in [1.82, 2.24) is 19.5 Å². The minimum atomic E-state index is -0.751. The third-order valence-electron chi connectivity index (χ3n) is 6.11. The summed E-state index contributed by atoms with van der Waals surface area (Å²) in [6.07, 6.45) is 3.87. The molecule has 3 aromatic rings. The molecule has 1 fully saturated rings. The van der Waals surface area contributed by atoms with Gasteiger partial charge in [-0.05, 0) is 61.9 Å². The topological polar surface area (TPSA) is 149 Å². The number of hydrogen-bond donors (Lipinski definition) is 3. The molecule has 2 aromatic heterocycles. The Kier molecular flexibility index (Phi) is 7.01. The molecule has 0 radical (unpaired) electrons. The molecule has 1 aliphatic rings. The lowest BCUT2D eigenvalue weighted by Gasteiger charge is -2.21. The van der Waals surface area contributed by atoms with Gasteiger partial charge in [-0.15, -0.1) is 0 Å². The molecule has 0 spiro atoms. The Bertz CT molecular complexity index is 1380. The van der Waals surface area contributed by atoms with E-state index in [1.54, 1.807) is 42.3 Å². The maximum atomic E-state index is 12.7. The number of carbonyl (C=O) groups is 3. The van der Waals surface area contributed by atoms with Gasteiger partial charge in [-0.25, -0.2) is 14.6 Å². The minimum absolute atomic E-state index is 0.0173. The number of pyridine rings is 1. The third-order valence-corrected chi connectivity index (χ3v) is 6.11. The van der Waals surface area contributed by atoms with Crippen LogP contribution in [-0.4, -0.2) is 43.8 Å². The van der Waals surface area contributed by atoms with Crippen LogP contribution in [0.5, 0.6) is 0 Å². The lowest BCUT2D eigenvalue weighted by molar-refractivity contribution is -0.126. The number of nitrogen functional groups attached to an aromatic ring is 1. The number of aromatic nitrogens is 3. The molecule has 5 N–H and O–H groups in total. The molecule has 0 aliphatic carbocycles. The fraction of sp³-hybridized carbons (Fsp3) is 0.269. The molecule has 3 amide bonds. The predicted molar refractivity (Wildman–Crippen MR) is 135 cm³/mol. The van der Waals surface area contributed by atoms with Crippen LogP contribution in [0.4, 0.5) is 5.82 Å². The van der Waals surface area contributed by atoms with Crippen molar-refractivity contribution in [3.05, 3.63) is 65.2 Å². The zero-order valence-corrected chi connectivity index (χ0v) is 20.1. The summed E-state index contributed by atoms with van der Waals surface area (Å²) in [6.45, 7) is 4.14. The molecule has 1 atom stereocenters. The molecular formula is C26H27N7O3. The van der Waals surface area contributed by atoms with Gasteiger partial charge in [-0.3, -0.25) is 14.4 Å². The number of carbonyl (C=O) groups excluding carboxylic acids is 3. The molecule has 1 unspecified atom stereocenters. The molecule has 1 aliphatic heterocycles. The van der Waals surface area contributed by atoms with Gasteiger partial charge in [-0.1, -0.05) is 25.0 Å². The molecular weight excluding hydrogens is 458 g/mol. The number of anilines is 1. The molecule has 4 rings (SSSR count). The van der Waals surface area contributed by atoms with E-state index in [2.05, 4.69) is 27.1 Å². The highest BCUT2D eigenvalue weighted by atomic mass is 16.2. The van der Waals surface area contributed by atoms with E-state index in [1.807, 2.05) is 19.1 Å². The molecule has 1 saturated heterocycles. The second-order valence-electron chi connectivity index (χ2n) is 8.37. The number of aryl methyl sites for hydroxylation is 1. The second-order valence-corrected chi connectivity index (χ2v) is 8.37. The summed E-state index contributed by atoms with van der Waals surface area (Å²) in [7, 11) is 0. The maximum absolute atomic E-state index is 12.7. The Hall–Kier alpha value is -4.65. The van der Waals surface area contributed by atoms with E-state index >= 15 is 0 Å². The Morgan fingerprint density at radius 2 is 1.94 bits per heavy atom. The normalized spacial score (nSPS) is 14.7. The lowest BCUT2D eigenvalue weighted by atomic mass is 10.1. The zero-order valence-electron chi connectivity index (χ0n) is 20.1. The fourth-order valence-electron chi connectivity index (χ4n) is 4.31. The van der Waals surface area contributed by atoms with Crippen LogP contribution in [0, 0.1) is 11.8 Å². The van der Waals surface area contributed by atoms with Gasteiger partial charge >= 0.3 is 0 Å². The van der Waals surface area contributed by atoms with Gasteiger partial charge in [0.15, 0.2) is 11.5 Å². The summed E-state index contributed by atoms with van der Waals surface area (Å²) in [5.74, 6) is 10.8. The highest BCUT2D eigenvalue weighted by molar-refractivity contribution is 6.04. The number of likely N-dealkylation sites (tertiary alicyclic amines) is 1. The smallest absolute Gasteiger partial charge is 0.299 e. The number of imidazole rings is 1. The van der Waals surface area contributed by atoms with Gasteiger partial charge in [0.2, 0.25) is 0 Å². The summed E-state index contributed by atoms with van der Waals surface area (Å²) in [5.41, 5.74) is 7.96. The quantitative estimate of drug-likeness (QED) is 0.360. The Morgan fingerprint density at radius 1 is 1.19 bits per heavy atom. The van der Waals surface area contributed by atoms with Crippen molar-refractivity contribution >= 4 is 23.5 Å². The van der Waals surface area contributed by atoms with Crippen LogP contribution in [0.1, 0.15) is 65.0 Å². The summed E-state index contributed by atoms with van der Waals surface area (Å²) < 4.78 is 1.15. The highest BCUT2D eigenvalue weighted by Gasteiger charge is 2.35. The van der Waals surface area contributed by atoms with Crippen molar-refractivity contribution in [1.29, 1.82) is 0 Å². The number of nitrogens with one attached hydrogen (secondary N) is 1. The largest absolute Gasteiger partial charge is 0.364 e. The van der Waals surface area contributed by atoms with E-state index in [1.165, 1.54) is 0 Å². The molecule has 36 heavy (non-hydrogen) atoms. The Morgan fingerprint density at radius 3 is 2.61 bits per heavy atom. The van der Waals surface area contributed by atoms with E-state index in [0.29, 0.717) is 35.7 Å². The lowest BCUT2D eigenvalue weighted by Crippen LogP contribution is -2.33. The first kappa shape index (κ1) is 24.5. The Labute approximate surface area is 208 Å². The van der Waals surface area contributed by atoms with Crippen molar-refractivity contribution < 1.29 is 14.4 Å². The number of primary amides is 1. The van der Waals surface area contributed by atoms with E-state index in [9.17, 15) is 14.4 Å². The van der Waals surface area contributed by atoms with Crippen LogP contribution in [0.25, 0.3) is 11.3 Å². The summed E-state index contributed by atoms with van der Waals surface area (Å²) in [6, 6.07) is 9.87. The van der Waals surface area contributed by atoms with Gasteiger partial charge in [0.25, 0.3) is 17.7 Å². The molecule has 0 bridgehead atoms. The van der Waals surface area contributed by atoms with Crippen molar-refractivity contribution in [2.75, 3.05) is 17.7 Å². The summed E-state index contributed by atoms with van der Waals surface area (Å²) in [5, 5.41) is 2.79. The minimum Gasteiger partial charge on any atom is -0.364 e. The first-order valence-electron chi connectivity index (χ1n) is 11.6. The number of rotatable bonds is 6. The van der Waals surface area contributed by atoms with Crippen LogP contribution in [0.15, 0.2) is 42.6 Å². The second kappa shape index (κ2) is 10.3. The number of nitrogens with zero attached hydrogens (tertiary/aromatic N) is 4. The SMILES string of the molecule is CC#CC(=O)N1CCCC1c1nc(-c2ccc(C(=O)Nc3cc(CC)ccn3)cc2)c(C(N)=O)n1N. The van der Waals surface area contributed by atoms with E-state index in [0.717, 1.165) is 23.1 Å². The van der Waals surface area contributed by atoms with Gasteiger partial charge < -0.3 is 21.8 Å². The van der Waals surface area contributed by atoms with Gasteiger partial charge in [0.05, 0.1) is 6.04 Å². The van der Waals surface area contributed by atoms with Gasteiger partial charge in [0.1, 0.15) is 11.5 Å². The van der Waals surface area contributed by atoms with Crippen molar-refractivity contribution in [3.8, 4) is 23.1 Å². The number of nitrogens with two attached hydrogens (primary N) is 2. The summed E-state index contributed by atoms with van der Waals surface area (Å²) >= 11 is 0. The molecule has 184 valence electrons. The first-order chi connectivity index (χ1) is 17.3. The van der Waals surface area contributed by atoms with Crippen LogP contribution < -0.4 is 16.9 Å². The average molecular weight is 486 g/mol. The number of benzene rings is 1. The molecule has 3 heterocycles. The maximum Gasteiger partial charge on any atom is 0.299 e. The monoisotopic (exact) mass is 485 g/mol. The summed E-state index contributed by atoms with van der Waals surface area (Å²) in [4.78, 5) is 47.9. The predicted octanol–water partition coefficient (Wildman–Crippen LogP) is 2.26. The van der Waals surface area contributed by atoms with Crippen LogP contribution >= 0.6 is 0 Å². The van der Waals surface area contributed by atoms with E-state index in [4.69, 9.17) is 11.6 Å². The third kappa shape index (κ3) is 4.77. The number of amides is 3. The molecule has 1 aromatic carbocycles. The highest BCUT2D eigenvalue weighted by Crippen LogP contribution is 2.34. The van der Waals surface area contributed by atoms with Crippen LogP contribution in [0.2, 0.25) is 0 Å². The number of hydrogen-bond acceptors (Lipinski definition) is 6. The molecule has 10 heteroatoms. The molecule has 10 nitrogen and oxygen atoms in total. The van der Waals surface area contributed by atoms with Gasteiger partial charge in [-0.2, -0.15) is 0 Å². The van der Waals surface area contributed by atoms with E-state index < -0.39 is 11.9 Å². The molecule has 0 saturated carbocycles. The average Bonchev–Trinajstić information content (AvgIpc) is 3.49. The zero-order chi connectivity index (χ0) is 25.8. The first-order valence-corrected chi connectivity index (χ1v) is 11.6. The van der Waals surface area contributed by atoms with Crippen molar-refractivity contribution in [2.45, 2.75) is 39.2 Å². The Balaban J connectivity index is 1.63.